The van der Waals surface area contributed by atoms with E-state index in [4.69, 9.17) is 0 Å². The zero-order chi connectivity index (χ0) is 5.98. The van der Waals surface area contributed by atoms with Crippen LogP contribution in [0.4, 0.5) is 5.69 Å². The van der Waals surface area contributed by atoms with Crippen molar-refractivity contribution in [3.05, 3.63) is 28.7 Å². The summed E-state index contributed by atoms with van der Waals surface area (Å²) < 4.78 is 4.31. The van der Waals surface area contributed by atoms with Crippen LogP contribution in [0.15, 0.2) is 16.7 Å². The van der Waals surface area contributed by atoms with Crippen molar-refractivity contribution in [1.82, 2.24) is 0 Å². The normalized spacial score (nSPS) is 9.00. The van der Waals surface area contributed by atoms with Gasteiger partial charge >= 0.3 is 5.69 Å². The summed E-state index contributed by atoms with van der Waals surface area (Å²) in [6.07, 6.45) is 3.22. The lowest BCUT2D eigenvalue weighted by Crippen LogP contribution is -1.81. The second-order valence-electron chi connectivity index (χ2n) is 1.18. The molecule has 0 aromatic carbocycles. The van der Waals surface area contributed by atoms with Crippen LogP contribution in [-0.4, -0.2) is 4.92 Å². The van der Waals surface area contributed by atoms with Crippen molar-refractivity contribution >= 4 is 5.69 Å². The average Bonchev–Trinajstić information content (AvgIpc) is 2.12. The number of hydrogen-bond acceptors (Lipinski definition) is 3. The Morgan fingerprint density at radius 3 is 2.88 bits per heavy atom. The molecular weight excluding hydrogens is 110 g/mol. The summed E-state index contributed by atoms with van der Waals surface area (Å²) in [7, 11) is 0. The van der Waals surface area contributed by atoms with Gasteiger partial charge in [0.25, 0.3) is 0 Å². The van der Waals surface area contributed by atoms with Gasteiger partial charge in [0.05, 0.1) is 11.0 Å². The van der Waals surface area contributed by atoms with Gasteiger partial charge in [-0.25, -0.2) is 0 Å². The maximum absolute atomic E-state index is 9.79. The van der Waals surface area contributed by atoms with Crippen LogP contribution >= 0.6 is 0 Å². The van der Waals surface area contributed by atoms with Crippen molar-refractivity contribution < 1.29 is 9.34 Å². The Hall–Kier alpha value is -1.32. The van der Waals surface area contributed by atoms with E-state index in [0.29, 0.717) is 0 Å². The molecule has 0 bridgehead atoms. The van der Waals surface area contributed by atoms with E-state index < -0.39 is 4.92 Å². The van der Waals surface area contributed by atoms with E-state index in [1.807, 2.05) is 0 Å². The summed E-state index contributed by atoms with van der Waals surface area (Å²) in [5, 5.41) is 9.79. The quantitative estimate of drug-likeness (QED) is 0.402. The molecule has 1 aromatic rings. The third-order valence-corrected chi connectivity index (χ3v) is 0.665. The van der Waals surface area contributed by atoms with Gasteiger partial charge in [0.1, 0.15) is 0 Å². The third-order valence-electron chi connectivity index (χ3n) is 0.665. The van der Waals surface area contributed by atoms with Gasteiger partial charge in [-0.2, -0.15) is 0 Å². The molecule has 4 nitrogen and oxygen atoms in total. The standard InChI is InChI=1S/C4H2NO3/c6-5(7)4-1-2-8-3-4/h1,3H. The van der Waals surface area contributed by atoms with Crippen molar-refractivity contribution in [3.63, 3.8) is 0 Å². The molecule has 1 rings (SSSR count). The predicted molar refractivity (Wildman–Crippen MR) is 24.2 cm³/mol. The van der Waals surface area contributed by atoms with Gasteiger partial charge < -0.3 is 4.42 Å². The third kappa shape index (κ3) is 0.676. The minimum absolute atomic E-state index is 0.0648. The number of nitro groups is 1. The summed E-state index contributed by atoms with van der Waals surface area (Å²) >= 11 is 0. The first-order valence-corrected chi connectivity index (χ1v) is 1.89. The van der Waals surface area contributed by atoms with Gasteiger partial charge in [-0.05, 0) is 0 Å². The number of nitrogens with zero attached hydrogens (tertiary/aromatic N) is 1. The molecule has 0 spiro atoms. The van der Waals surface area contributed by atoms with Gasteiger partial charge in [-0.15, -0.1) is 0 Å². The number of hydrogen-bond donors (Lipinski definition) is 0. The highest BCUT2D eigenvalue weighted by Crippen LogP contribution is 2.07. The van der Waals surface area contributed by atoms with Crippen LogP contribution in [0.5, 0.6) is 0 Å². The maximum atomic E-state index is 9.79. The van der Waals surface area contributed by atoms with Crippen molar-refractivity contribution in [2.75, 3.05) is 0 Å². The van der Waals surface area contributed by atoms with Gasteiger partial charge in [-0.1, -0.05) is 0 Å². The molecular formula is C4H2NO3. The highest BCUT2D eigenvalue weighted by atomic mass is 16.6. The fraction of sp³-hybridized carbons (Fsp3) is 0. The van der Waals surface area contributed by atoms with Crippen LogP contribution in [-0.2, 0) is 0 Å². The Bertz CT molecular complexity index is 179. The smallest absolute Gasteiger partial charge is 0.308 e. The van der Waals surface area contributed by atoms with Crippen LogP contribution in [0.1, 0.15) is 0 Å². The second kappa shape index (κ2) is 1.65. The second-order valence-corrected chi connectivity index (χ2v) is 1.18. The average molecular weight is 112 g/mol. The minimum atomic E-state index is -0.542. The van der Waals surface area contributed by atoms with Crippen LogP contribution in [0.25, 0.3) is 0 Å². The first-order chi connectivity index (χ1) is 3.80. The monoisotopic (exact) mass is 112 g/mol. The van der Waals surface area contributed by atoms with Crippen LogP contribution in [0.2, 0.25) is 0 Å². The molecule has 8 heavy (non-hydrogen) atoms. The molecule has 1 aromatic heterocycles. The van der Waals surface area contributed by atoms with E-state index >= 15 is 0 Å². The predicted octanol–water partition coefficient (Wildman–Crippen LogP) is 0.988. The minimum Gasteiger partial charge on any atom is -0.454 e. The van der Waals surface area contributed by atoms with E-state index in [9.17, 15) is 10.1 Å². The highest BCUT2D eigenvalue weighted by molar-refractivity contribution is 5.20. The first kappa shape index (κ1) is 4.83. The largest absolute Gasteiger partial charge is 0.454 e. The van der Waals surface area contributed by atoms with Gasteiger partial charge in [-0.3, -0.25) is 10.1 Å². The van der Waals surface area contributed by atoms with Crippen molar-refractivity contribution in [1.29, 1.82) is 0 Å². The Kier molecular flexibility index (Phi) is 0.997. The van der Waals surface area contributed by atoms with Crippen LogP contribution in [0, 0.1) is 16.4 Å². The Labute approximate surface area is 44.9 Å². The Morgan fingerprint density at radius 1 is 1.88 bits per heavy atom. The molecule has 0 aliphatic heterocycles. The summed E-state index contributed by atoms with van der Waals surface area (Å²) in [5.74, 6) is 0. The molecule has 0 amide bonds. The zero-order valence-electron chi connectivity index (χ0n) is 3.83. The van der Waals surface area contributed by atoms with E-state index in [2.05, 4.69) is 10.7 Å². The Morgan fingerprint density at radius 2 is 2.62 bits per heavy atom. The van der Waals surface area contributed by atoms with E-state index in [0.717, 1.165) is 6.26 Å². The molecule has 0 saturated heterocycles. The molecule has 0 aliphatic carbocycles. The van der Waals surface area contributed by atoms with E-state index in [1.54, 1.807) is 0 Å². The number of rotatable bonds is 1. The molecule has 0 unspecified atom stereocenters. The van der Waals surface area contributed by atoms with E-state index in [-0.39, 0.29) is 5.69 Å². The summed E-state index contributed by atoms with van der Waals surface area (Å²) in [6.45, 7) is 0. The van der Waals surface area contributed by atoms with Gasteiger partial charge in [0, 0.05) is 0 Å². The fourth-order valence-electron chi connectivity index (χ4n) is 0.319. The molecule has 1 radical (unpaired) electrons. The zero-order valence-corrected chi connectivity index (χ0v) is 3.83. The van der Waals surface area contributed by atoms with Crippen LogP contribution < -0.4 is 0 Å². The molecule has 0 N–H and O–H groups in total. The first-order valence-electron chi connectivity index (χ1n) is 1.89. The fourth-order valence-corrected chi connectivity index (χ4v) is 0.319. The van der Waals surface area contributed by atoms with Crippen molar-refractivity contribution in [3.8, 4) is 0 Å². The summed E-state index contributed by atoms with van der Waals surface area (Å²) in [6, 6.07) is 1.17. The lowest BCUT2D eigenvalue weighted by Gasteiger charge is -1.75. The number of furan rings is 1. The van der Waals surface area contributed by atoms with Gasteiger partial charge in [0.15, 0.2) is 12.5 Å². The van der Waals surface area contributed by atoms with Crippen molar-refractivity contribution in [2.45, 2.75) is 0 Å². The van der Waals surface area contributed by atoms with Gasteiger partial charge in [0.2, 0.25) is 0 Å². The molecule has 4 heteroatoms. The molecule has 0 aliphatic rings. The summed E-state index contributed by atoms with van der Waals surface area (Å²) in [4.78, 5) is 9.25. The Balaban J connectivity index is 2.93. The molecule has 1 heterocycles. The maximum Gasteiger partial charge on any atom is 0.308 e. The topological polar surface area (TPSA) is 56.3 Å². The molecule has 41 valence electrons. The molecule has 0 fully saturated rings. The lowest BCUT2D eigenvalue weighted by atomic mass is 10.6. The molecule has 0 saturated carbocycles. The van der Waals surface area contributed by atoms with E-state index in [1.165, 1.54) is 6.07 Å². The SMILES string of the molecule is O=[N+]([O-])c1c[c]oc1. The lowest BCUT2D eigenvalue weighted by molar-refractivity contribution is -0.385. The summed E-state index contributed by atoms with van der Waals surface area (Å²) in [5.41, 5.74) is -0.0648. The van der Waals surface area contributed by atoms with Crippen molar-refractivity contribution in [2.24, 2.45) is 0 Å². The van der Waals surface area contributed by atoms with Crippen LogP contribution in [0.3, 0.4) is 0 Å². The molecule has 0 atom stereocenters. The highest BCUT2D eigenvalue weighted by Gasteiger charge is 2.03.